The summed E-state index contributed by atoms with van der Waals surface area (Å²) in [7, 11) is 0. The second kappa shape index (κ2) is 7.95. The van der Waals surface area contributed by atoms with Gasteiger partial charge in [0.2, 0.25) is 0 Å². The van der Waals surface area contributed by atoms with Crippen molar-refractivity contribution < 1.29 is 29.2 Å². The molecule has 32 heavy (non-hydrogen) atoms. The number of anilines is 1. The van der Waals surface area contributed by atoms with Gasteiger partial charge in [-0.15, -0.1) is 0 Å². The summed E-state index contributed by atoms with van der Waals surface area (Å²) in [4.78, 5) is 49.2. The van der Waals surface area contributed by atoms with Crippen molar-refractivity contribution >= 4 is 29.2 Å². The Kier molecular flexibility index (Phi) is 5.15. The number of fused-ring (bicyclic) bond motifs is 1. The maximum absolute atomic E-state index is 12.7. The van der Waals surface area contributed by atoms with E-state index in [4.69, 9.17) is 4.74 Å². The van der Waals surface area contributed by atoms with Crippen molar-refractivity contribution in [2.24, 2.45) is 0 Å². The Balaban J connectivity index is 1.59. The normalized spacial score (nSPS) is 12.6. The number of nitro benzene ring substituents is 1. The maximum Gasteiger partial charge on any atom is 0.338 e. The first kappa shape index (κ1) is 20.7. The second-order valence-corrected chi connectivity index (χ2v) is 7.13. The zero-order valence-corrected chi connectivity index (χ0v) is 16.8. The number of rotatable bonds is 5. The number of carbonyl (C=O) groups excluding carboxylic acids is 3. The van der Waals surface area contributed by atoms with Gasteiger partial charge in [0.25, 0.3) is 17.5 Å². The van der Waals surface area contributed by atoms with Gasteiger partial charge in [0.15, 0.2) is 0 Å². The molecule has 2 amide bonds. The fourth-order valence-corrected chi connectivity index (χ4v) is 3.39. The van der Waals surface area contributed by atoms with Gasteiger partial charge < -0.3 is 9.84 Å². The summed E-state index contributed by atoms with van der Waals surface area (Å²) in [6.45, 7) is 1.35. The lowest BCUT2D eigenvalue weighted by molar-refractivity contribution is -0.384. The lowest BCUT2D eigenvalue weighted by Crippen LogP contribution is -2.29. The molecule has 3 aromatic carbocycles. The van der Waals surface area contributed by atoms with Crippen LogP contribution >= 0.6 is 0 Å². The van der Waals surface area contributed by atoms with Crippen LogP contribution in [0.5, 0.6) is 5.75 Å². The van der Waals surface area contributed by atoms with Crippen LogP contribution < -0.4 is 4.90 Å². The Bertz CT molecular complexity index is 1250. The first-order valence-electron chi connectivity index (χ1n) is 9.50. The number of aromatic hydroxyl groups is 1. The van der Waals surface area contributed by atoms with Gasteiger partial charge in [0.1, 0.15) is 12.4 Å². The van der Waals surface area contributed by atoms with Crippen LogP contribution in [0, 0.1) is 17.0 Å². The molecule has 0 saturated carbocycles. The lowest BCUT2D eigenvalue weighted by Gasteiger charge is -2.17. The van der Waals surface area contributed by atoms with E-state index in [-0.39, 0.29) is 46.0 Å². The number of imide groups is 1. The number of carbonyl (C=O) groups is 3. The first-order chi connectivity index (χ1) is 15.3. The first-order valence-corrected chi connectivity index (χ1v) is 9.50. The third-order valence-electron chi connectivity index (χ3n) is 5.15. The second-order valence-electron chi connectivity index (χ2n) is 7.13. The van der Waals surface area contributed by atoms with E-state index >= 15 is 0 Å². The molecule has 9 heteroatoms. The van der Waals surface area contributed by atoms with Crippen molar-refractivity contribution in [3.63, 3.8) is 0 Å². The van der Waals surface area contributed by atoms with Gasteiger partial charge in [-0.05, 0) is 42.8 Å². The number of hydrogen-bond acceptors (Lipinski definition) is 7. The smallest absolute Gasteiger partial charge is 0.338 e. The number of nitro groups is 1. The molecular formula is C23H16N2O7. The number of ether oxygens (including phenoxy) is 1. The molecule has 0 radical (unpaired) electrons. The van der Waals surface area contributed by atoms with Crippen LogP contribution in [0.2, 0.25) is 0 Å². The molecule has 9 nitrogen and oxygen atoms in total. The van der Waals surface area contributed by atoms with Crippen molar-refractivity contribution in [3.8, 4) is 5.75 Å². The van der Waals surface area contributed by atoms with Crippen molar-refractivity contribution in [1.29, 1.82) is 0 Å². The molecule has 3 aromatic rings. The molecule has 4 rings (SSSR count). The molecule has 1 aliphatic rings. The predicted octanol–water partition coefficient (Wildman–Crippen LogP) is 3.77. The maximum atomic E-state index is 12.7. The van der Waals surface area contributed by atoms with Crippen LogP contribution in [0.3, 0.4) is 0 Å². The number of hydrogen-bond donors (Lipinski definition) is 1. The molecule has 0 unspecified atom stereocenters. The molecule has 0 atom stereocenters. The fraction of sp³-hybridized carbons (Fsp3) is 0.0870. The molecular weight excluding hydrogens is 416 g/mol. The van der Waals surface area contributed by atoms with Crippen LogP contribution in [0.25, 0.3) is 0 Å². The highest BCUT2D eigenvalue weighted by atomic mass is 16.6. The minimum Gasteiger partial charge on any atom is -0.508 e. The highest BCUT2D eigenvalue weighted by Crippen LogP contribution is 2.33. The third kappa shape index (κ3) is 3.56. The molecule has 1 aliphatic heterocycles. The summed E-state index contributed by atoms with van der Waals surface area (Å²) < 4.78 is 5.28. The molecule has 160 valence electrons. The molecule has 1 heterocycles. The predicted molar refractivity (Wildman–Crippen MR) is 113 cm³/mol. The van der Waals surface area contributed by atoms with E-state index in [1.54, 1.807) is 12.1 Å². The average molecular weight is 432 g/mol. The summed E-state index contributed by atoms with van der Waals surface area (Å²) in [6.07, 6.45) is 0. The van der Waals surface area contributed by atoms with Crippen molar-refractivity contribution in [1.82, 2.24) is 0 Å². The zero-order chi connectivity index (χ0) is 23.0. The summed E-state index contributed by atoms with van der Waals surface area (Å²) in [5.41, 5.74) is 1.16. The topological polar surface area (TPSA) is 127 Å². The van der Waals surface area contributed by atoms with Crippen molar-refractivity contribution in [3.05, 3.63) is 98.6 Å². The summed E-state index contributed by atoms with van der Waals surface area (Å²) in [6, 6.07) is 14.4. The molecule has 0 spiro atoms. The van der Waals surface area contributed by atoms with Gasteiger partial charge in [0.05, 0.1) is 27.3 Å². The summed E-state index contributed by atoms with van der Waals surface area (Å²) >= 11 is 0. The Hall–Kier alpha value is -4.53. The summed E-state index contributed by atoms with van der Waals surface area (Å²) in [5, 5.41) is 21.1. The van der Waals surface area contributed by atoms with Crippen molar-refractivity contribution in [2.45, 2.75) is 13.5 Å². The Morgan fingerprint density at radius 1 is 1.03 bits per heavy atom. The minimum atomic E-state index is -0.783. The number of benzene rings is 3. The highest BCUT2D eigenvalue weighted by Gasteiger charge is 2.37. The lowest BCUT2D eigenvalue weighted by atomic mass is 10.1. The van der Waals surface area contributed by atoms with Crippen LogP contribution in [0.15, 0.2) is 60.7 Å². The largest absolute Gasteiger partial charge is 0.508 e. The van der Waals surface area contributed by atoms with E-state index in [0.29, 0.717) is 5.56 Å². The van der Waals surface area contributed by atoms with E-state index in [1.165, 1.54) is 55.5 Å². The van der Waals surface area contributed by atoms with Gasteiger partial charge >= 0.3 is 5.97 Å². The van der Waals surface area contributed by atoms with E-state index in [9.17, 15) is 29.6 Å². The number of nitrogens with zero attached hydrogens (tertiary/aromatic N) is 2. The Morgan fingerprint density at radius 2 is 1.62 bits per heavy atom. The SMILES string of the molecule is Cc1c(O)cc(N2C(=O)c3ccccc3C2=O)cc1C(=O)OCc1ccc([N+](=O)[O-])cc1. The number of non-ortho nitro benzene ring substituents is 1. The van der Waals surface area contributed by atoms with E-state index in [2.05, 4.69) is 0 Å². The van der Waals surface area contributed by atoms with Crippen LogP contribution in [-0.4, -0.2) is 27.8 Å². The van der Waals surface area contributed by atoms with Gasteiger partial charge in [-0.3, -0.25) is 19.7 Å². The molecule has 0 aromatic heterocycles. The molecule has 0 bridgehead atoms. The zero-order valence-electron chi connectivity index (χ0n) is 16.8. The molecule has 1 N–H and O–H groups in total. The molecule has 0 saturated heterocycles. The standard InChI is InChI=1S/C23H16N2O7/c1-13-19(23(29)32-12-14-6-8-15(9-7-14)25(30)31)10-16(11-20(13)26)24-21(27)17-4-2-3-5-18(17)22(24)28/h2-11,26H,12H2,1H3. The minimum absolute atomic E-state index is 0.0153. The fourth-order valence-electron chi connectivity index (χ4n) is 3.39. The van der Waals surface area contributed by atoms with Gasteiger partial charge in [-0.1, -0.05) is 12.1 Å². The van der Waals surface area contributed by atoms with Crippen LogP contribution in [0.4, 0.5) is 11.4 Å². The highest BCUT2D eigenvalue weighted by molar-refractivity contribution is 6.34. The molecule has 0 aliphatic carbocycles. The third-order valence-corrected chi connectivity index (χ3v) is 5.15. The van der Waals surface area contributed by atoms with Gasteiger partial charge in [0, 0.05) is 23.8 Å². The average Bonchev–Trinajstić information content (AvgIpc) is 3.04. The number of phenolic OH excluding ortho intramolecular Hbond substituents is 1. The number of esters is 1. The number of amides is 2. The van der Waals surface area contributed by atoms with Crippen LogP contribution in [-0.2, 0) is 11.3 Å². The Morgan fingerprint density at radius 3 is 2.19 bits per heavy atom. The number of phenols is 1. The quantitative estimate of drug-likeness (QED) is 0.281. The summed E-state index contributed by atoms with van der Waals surface area (Å²) in [5.74, 6) is -2.17. The van der Waals surface area contributed by atoms with Gasteiger partial charge in [-0.25, -0.2) is 9.69 Å². The van der Waals surface area contributed by atoms with E-state index in [0.717, 1.165) is 4.90 Å². The van der Waals surface area contributed by atoms with Gasteiger partial charge in [-0.2, -0.15) is 0 Å². The Labute approximate surface area is 181 Å². The van der Waals surface area contributed by atoms with Crippen LogP contribution in [0.1, 0.15) is 42.2 Å². The van der Waals surface area contributed by atoms with Crippen molar-refractivity contribution in [2.75, 3.05) is 4.90 Å². The monoisotopic (exact) mass is 432 g/mol. The molecule has 0 fully saturated rings. The van der Waals surface area contributed by atoms with E-state index < -0.39 is 22.7 Å². The van der Waals surface area contributed by atoms with E-state index in [1.807, 2.05) is 0 Å².